The van der Waals surface area contributed by atoms with Gasteiger partial charge in [0.05, 0.1) is 0 Å². The van der Waals surface area contributed by atoms with Crippen molar-refractivity contribution in [3.8, 4) is 0 Å². The number of hydrogen-bond donors (Lipinski definition) is 0. The number of hydrogen-bond acceptors (Lipinski definition) is 0. The average molecular weight is 125 g/mol. The van der Waals surface area contributed by atoms with Gasteiger partial charge in [-0.15, -0.1) is 12.4 Å². The summed E-state index contributed by atoms with van der Waals surface area (Å²) < 4.78 is 0. The van der Waals surface area contributed by atoms with Crippen LogP contribution in [0, 0.1) is 0 Å². The Morgan fingerprint density at radius 1 is 0.833 bits per heavy atom. The van der Waals surface area contributed by atoms with Crippen LogP contribution in [0.2, 0.25) is 26.2 Å². The Hall–Kier alpha value is 0.507. The van der Waals surface area contributed by atoms with Crippen molar-refractivity contribution in [2.75, 3.05) is 0 Å². The molecular weight excluding hydrogens is 112 g/mol. The molecule has 40 valence electrons. The van der Waals surface area contributed by atoms with Crippen LogP contribution in [-0.4, -0.2) is 8.07 Å². The fourth-order valence-corrected chi connectivity index (χ4v) is 0. The van der Waals surface area contributed by atoms with E-state index >= 15 is 0 Å². The standard InChI is InChI=1S/C4H12Si.ClH/c1-5(2,3)4;/h1-4H3;1H. The van der Waals surface area contributed by atoms with Gasteiger partial charge in [-0.25, -0.2) is 0 Å². The van der Waals surface area contributed by atoms with Crippen LogP contribution in [0.5, 0.6) is 0 Å². The molecule has 0 rings (SSSR count). The fraction of sp³-hybridized carbons (Fsp3) is 1.00. The van der Waals surface area contributed by atoms with E-state index < -0.39 is 8.07 Å². The first-order valence-corrected chi connectivity index (χ1v) is 6.00. The molecule has 0 aliphatic rings. The number of rotatable bonds is 0. The van der Waals surface area contributed by atoms with Crippen LogP contribution in [-0.2, 0) is 0 Å². The largest absolute Gasteiger partial charge is 0.147 e. The highest BCUT2D eigenvalue weighted by molar-refractivity contribution is 6.74. The van der Waals surface area contributed by atoms with E-state index in [1.54, 1.807) is 0 Å². The molecule has 0 aromatic carbocycles. The highest BCUT2D eigenvalue weighted by atomic mass is 35.5. The zero-order valence-electron chi connectivity index (χ0n) is 4.91. The first-order chi connectivity index (χ1) is 2.00. The molecule has 6 heavy (non-hydrogen) atoms. The molecular formula is C4H13ClSi. The van der Waals surface area contributed by atoms with Crippen LogP contribution >= 0.6 is 12.4 Å². The third-order valence-electron chi connectivity index (χ3n) is 0. The van der Waals surface area contributed by atoms with Crippen LogP contribution in [0.3, 0.4) is 0 Å². The summed E-state index contributed by atoms with van der Waals surface area (Å²) in [6.45, 7) is 9.31. The van der Waals surface area contributed by atoms with E-state index in [2.05, 4.69) is 26.2 Å². The van der Waals surface area contributed by atoms with Crippen molar-refractivity contribution >= 4 is 20.5 Å². The Morgan fingerprint density at radius 3 is 0.833 bits per heavy atom. The molecule has 0 bridgehead atoms. The molecule has 0 aromatic heterocycles. The monoisotopic (exact) mass is 124 g/mol. The van der Waals surface area contributed by atoms with Gasteiger partial charge in [-0.05, 0) is 0 Å². The van der Waals surface area contributed by atoms with Gasteiger partial charge in [0.15, 0.2) is 0 Å². The molecule has 0 N–H and O–H groups in total. The molecule has 0 aliphatic heterocycles. The lowest BCUT2D eigenvalue weighted by Crippen LogP contribution is -2.10. The van der Waals surface area contributed by atoms with Crippen LogP contribution in [0.4, 0.5) is 0 Å². The molecule has 0 saturated heterocycles. The van der Waals surface area contributed by atoms with Gasteiger partial charge in [0, 0.05) is 8.07 Å². The van der Waals surface area contributed by atoms with E-state index in [0.29, 0.717) is 0 Å². The maximum atomic E-state index is 2.33. The maximum Gasteiger partial charge on any atom is 0.0411 e. The minimum absolute atomic E-state index is 0. The third kappa shape index (κ3) is 216. The van der Waals surface area contributed by atoms with E-state index in [9.17, 15) is 0 Å². The lowest BCUT2D eigenvalue weighted by Gasteiger charge is -2.01. The fourth-order valence-electron chi connectivity index (χ4n) is 0. The number of halogens is 1. The van der Waals surface area contributed by atoms with Gasteiger partial charge in [0.25, 0.3) is 0 Å². The predicted molar refractivity (Wildman–Crippen MR) is 36.5 cm³/mol. The van der Waals surface area contributed by atoms with Crippen LogP contribution < -0.4 is 0 Å². The molecule has 0 fully saturated rings. The topological polar surface area (TPSA) is 0 Å². The summed E-state index contributed by atoms with van der Waals surface area (Å²) in [4.78, 5) is 0. The Labute approximate surface area is 47.4 Å². The predicted octanol–water partition coefficient (Wildman–Crippen LogP) is 2.38. The van der Waals surface area contributed by atoms with Crippen LogP contribution in [0.15, 0.2) is 0 Å². The van der Waals surface area contributed by atoms with E-state index in [0.717, 1.165) is 0 Å². The molecule has 0 saturated carbocycles. The summed E-state index contributed by atoms with van der Waals surface area (Å²) in [5, 5.41) is 0. The molecule has 0 aromatic rings. The molecule has 0 radical (unpaired) electrons. The first-order valence-electron chi connectivity index (χ1n) is 2.00. The molecule has 0 nitrogen and oxygen atoms in total. The SMILES string of the molecule is C[Si](C)(C)C.Cl. The van der Waals surface area contributed by atoms with Crippen molar-refractivity contribution in [1.82, 2.24) is 0 Å². The summed E-state index contributed by atoms with van der Waals surface area (Å²) in [6, 6.07) is 0. The average Bonchev–Trinajstić information content (AvgIpc) is 0.722. The molecule has 0 heterocycles. The Morgan fingerprint density at radius 2 is 0.833 bits per heavy atom. The highest BCUT2D eigenvalue weighted by Crippen LogP contribution is 1.94. The smallest absolute Gasteiger partial charge is 0.0411 e. The van der Waals surface area contributed by atoms with Crippen LogP contribution in [0.1, 0.15) is 0 Å². The van der Waals surface area contributed by atoms with Gasteiger partial charge in [-0.3, -0.25) is 0 Å². The minimum atomic E-state index is -0.611. The zero-order valence-corrected chi connectivity index (χ0v) is 6.72. The quantitative estimate of drug-likeness (QED) is 0.435. The van der Waals surface area contributed by atoms with Crippen molar-refractivity contribution in [3.05, 3.63) is 0 Å². The Balaban J connectivity index is 0. The maximum absolute atomic E-state index is 2.33. The summed E-state index contributed by atoms with van der Waals surface area (Å²) in [5.41, 5.74) is 0. The van der Waals surface area contributed by atoms with E-state index in [-0.39, 0.29) is 12.4 Å². The lowest BCUT2D eigenvalue weighted by molar-refractivity contribution is 1.71. The van der Waals surface area contributed by atoms with Gasteiger partial charge >= 0.3 is 0 Å². The zero-order chi connectivity index (χ0) is 4.50. The van der Waals surface area contributed by atoms with E-state index in [1.807, 2.05) is 0 Å². The van der Waals surface area contributed by atoms with E-state index in [1.165, 1.54) is 0 Å². The van der Waals surface area contributed by atoms with Crippen molar-refractivity contribution < 1.29 is 0 Å². The summed E-state index contributed by atoms with van der Waals surface area (Å²) in [5.74, 6) is 0. The minimum Gasteiger partial charge on any atom is -0.147 e. The molecule has 0 amide bonds. The summed E-state index contributed by atoms with van der Waals surface area (Å²) in [6.07, 6.45) is 0. The van der Waals surface area contributed by atoms with Gasteiger partial charge < -0.3 is 0 Å². The van der Waals surface area contributed by atoms with Crippen molar-refractivity contribution in [1.29, 1.82) is 0 Å². The van der Waals surface area contributed by atoms with Crippen LogP contribution in [0.25, 0.3) is 0 Å². The lowest BCUT2D eigenvalue weighted by atomic mass is 11.8. The summed E-state index contributed by atoms with van der Waals surface area (Å²) >= 11 is 0. The second-order valence-corrected chi connectivity index (χ2v) is 9.00. The van der Waals surface area contributed by atoms with Crippen molar-refractivity contribution in [3.63, 3.8) is 0 Å². The van der Waals surface area contributed by atoms with Gasteiger partial charge in [0.2, 0.25) is 0 Å². The van der Waals surface area contributed by atoms with Gasteiger partial charge in [0.1, 0.15) is 0 Å². The summed E-state index contributed by atoms with van der Waals surface area (Å²) in [7, 11) is -0.611. The molecule has 0 unspecified atom stereocenters. The van der Waals surface area contributed by atoms with Crippen molar-refractivity contribution in [2.24, 2.45) is 0 Å². The second kappa shape index (κ2) is 2.64. The van der Waals surface area contributed by atoms with Gasteiger partial charge in [-0.1, -0.05) is 26.2 Å². The third-order valence-corrected chi connectivity index (χ3v) is 0. The first kappa shape index (κ1) is 9.71. The molecule has 0 aliphatic carbocycles. The second-order valence-electron chi connectivity index (χ2n) is 3.00. The van der Waals surface area contributed by atoms with Crippen molar-refractivity contribution in [2.45, 2.75) is 26.2 Å². The molecule has 2 heteroatoms. The molecule has 0 spiro atoms. The van der Waals surface area contributed by atoms with E-state index in [4.69, 9.17) is 0 Å². The van der Waals surface area contributed by atoms with Gasteiger partial charge in [-0.2, -0.15) is 0 Å². The Bertz CT molecular complexity index is 23.0. The Kier molecular flexibility index (Phi) is 4.28. The highest BCUT2D eigenvalue weighted by Gasteiger charge is 1.99. The normalized spacial score (nSPS) is 10.0. The molecule has 0 atom stereocenters.